The van der Waals surface area contributed by atoms with Crippen LogP contribution in [-0.4, -0.2) is 23.1 Å². The van der Waals surface area contributed by atoms with Crippen molar-refractivity contribution in [2.24, 2.45) is 5.92 Å². The summed E-state index contributed by atoms with van der Waals surface area (Å²) in [5.74, 6) is -1.26. The fourth-order valence-corrected chi connectivity index (χ4v) is 1.91. The van der Waals surface area contributed by atoms with Gasteiger partial charge in [0.15, 0.2) is 0 Å². The first-order valence-electron chi connectivity index (χ1n) is 6.10. The van der Waals surface area contributed by atoms with E-state index >= 15 is 0 Å². The molecular weight excluding hydrogens is 303 g/mol. The lowest BCUT2D eigenvalue weighted by Crippen LogP contribution is -2.46. The Labute approximate surface area is 127 Å². The molecular formula is C13H16Cl2N2O3. The van der Waals surface area contributed by atoms with Gasteiger partial charge in [0.1, 0.15) is 6.04 Å². The van der Waals surface area contributed by atoms with Crippen LogP contribution >= 0.6 is 23.2 Å². The Morgan fingerprint density at radius 3 is 2.55 bits per heavy atom. The molecule has 0 heterocycles. The van der Waals surface area contributed by atoms with Crippen molar-refractivity contribution in [2.75, 3.05) is 5.32 Å². The lowest BCUT2D eigenvalue weighted by Gasteiger charge is -2.20. The van der Waals surface area contributed by atoms with E-state index in [9.17, 15) is 9.59 Å². The number of urea groups is 1. The zero-order valence-corrected chi connectivity index (χ0v) is 12.6. The summed E-state index contributed by atoms with van der Waals surface area (Å²) in [5.41, 5.74) is 0.324. The standard InChI is InChI=1S/C13H16Cl2N2O3/c1-3-7(2)11(12(18)19)17-13(20)16-10-6-8(14)4-5-9(10)15/h4-7,11H,3H2,1-2H3,(H,18,19)(H2,16,17,20)/t7-,11-/m1/s1. The van der Waals surface area contributed by atoms with Gasteiger partial charge in [-0.2, -0.15) is 0 Å². The van der Waals surface area contributed by atoms with Crippen LogP contribution in [-0.2, 0) is 4.79 Å². The van der Waals surface area contributed by atoms with Crippen LogP contribution in [0, 0.1) is 5.92 Å². The van der Waals surface area contributed by atoms with Gasteiger partial charge in [0, 0.05) is 5.02 Å². The second-order valence-corrected chi connectivity index (χ2v) is 5.27. The number of rotatable bonds is 5. The molecule has 5 nitrogen and oxygen atoms in total. The Balaban J connectivity index is 2.75. The number of carbonyl (C=O) groups excluding carboxylic acids is 1. The monoisotopic (exact) mass is 318 g/mol. The lowest BCUT2D eigenvalue weighted by molar-refractivity contribution is -0.140. The predicted molar refractivity (Wildman–Crippen MR) is 79.5 cm³/mol. The van der Waals surface area contributed by atoms with Crippen molar-refractivity contribution in [3.05, 3.63) is 28.2 Å². The van der Waals surface area contributed by atoms with Gasteiger partial charge in [-0.1, -0.05) is 43.5 Å². The highest BCUT2D eigenvalue weighted by Crippen LogP contribution is 2.25. The zero-order valence-electron chi connectivity index (χ0n) is 11.1. The molecule has 2 amide bonds. The molecule has 0 saturated heterocycles. The lowest BCUT2D eigenvalue weighted by atomic mass is 9.99. The quantitative estimate of drug-likeness (QED) is 0.775. The van der Waals surface area contributed by atoms with Gasteiger partial charge in [-0.3, -0.25) is 0 Å². The highest BCUT2D eigenvalue weighted by molar-refractivity contribution is 6.35. The van der Waals surface area contributed by atoms with Gasteiger partial charge in [0.05, 0.1) is 10.7 Å². The minimum atomic E-state index is -1.08. The number of hydrogen-bond acceptors (Lipinski definition) is 2. The molecule has 0 unspecified atom stereocenters. The summed E-state index contributed by atoms with van der Waals surface area (Å²) in [6, 6.07) is 3.03. The maximum atomic E-state index is 11.8. The van der Waals surface area contributed by atoms with Crippen LogP contribution in [0.3, 0.4) is 0 Å². The number of aliphatic carboxylic acids is 1. The van der Waals surface area contributed by atoms with Crippen LogP contribution in [0.4, 0.5) is 10.5 Å². The van der Waals surface area contributed by atoms with Crippen LogP contribution in [0.1, 0.15) is 20.3 Å². The molecule has 0 aromatic heterocycles. The number of benzene rings is 1. The third-order valence-corrected chi connectivity index (χ3v) is 3.51. The van der Waals surface area contributed by atoms with Gasteiger partial charge >= 0.3 is 12.0 Å². The first kappa shape index (κ1) is 16.6. The fraction of sp³-hybridized carbons (Fsp3) is 0.385. The molecule has 0 spiro atoms. The summed E-state index contributed by atoms with van der Waals surface area (Å²) in [7, 11) is 0. The maximum absolute atomic E-state index is 11.8. The van der Waals surface area contributed by atoms with Crippen molar-refractivity contribution in [2.45, 2.75) is 26.3 Å². The van der Waals surface area contributed by atoms with Crippen molar-refractivity contribution in [1.82, 2.24) is 5.32 Å². The molecule has 0 fully saturated rings. The molecule has 0 aliphatic rings. The number of carboxylic acid groups (broad SMARTS) is 1. The average molecular weight is 319 g/mol. The van der Waals surface area contributed by atoms with Crippen molar-refractivity contribution in [3.63, 3.8) is 0 Å². The predicted octanol–water partition coefficient (Wildman–Crippen LogP) is 3.61. The van der Waals surface area contributed by atoms with E-state index in [4.69, 9.17) is 28.3 Å². The largest absolute Gasteiger partial charge is 0.480 e. The van der Waals surface area contributed by atoms with Gasteiger partial charge in [0.2, 0.25) is 0 Å². The van der Waals surface area contributed by atoms with Gasteiger partial charge < -0.3 is 15.7 Å². The third kappa shape index (κ3) is 4.58. The van der Waals surface area contributed by atoms with Crippen molar-refractivity contribution < 1.29 is 14.7 Å². The highest BCUT2D eigenvalue weighted by atomic mass is 35.5. The first-order valence-corrected chi connectivity index (χ1v) is 6.86. The second-order valence-electron chi connectivity index (χ2n) is 4.42. The van der Waals surface area contributed by atoms with Gasteiger partial charge in [-0.15, -0.1) is 0 Å². The molecule has 0 aliphatic carbocycles. The van der Waals surface area contributed by atoms with Gasteiger partial charge in [-0.05, 0) is 24.1 Å². The summed E-state index contributed by atoms with van der Waals surface area (Å²) in [6.07, 6.45) is 0.634. The van der Waals surface area contributed by atoms with Crippen LogP contribution in [0.2, 0.25) is 10.0 Å². The molecule has 2 atom stereocenters. The molecule has 1 aromatic carbocycles. The molecule has 0 radical (unpaired) electrons. The Morgan fingerprint density at radius 2 is 2.00 bits per heavy atom. The van der Waals surface area contributed by atoms with Crippen molar-refractivity contribution in [3.8, 4) is 0 Å². The molecule has 110 valence electrons. The van der Waals surface area contributed by atoms with E-state index in [2.05, 4.69) is 10.6 Å². The van der Waals surface area contributed by atoms with E-state index in [-0.39, 0.29) is 5.92 Å². The van der Waals surface area contributed by atoms with Crippen LogP contribution in [0.5, 0.6) is 0 Å². The molecule has 0 bridgehead atoms. The maximum Gasteiger partial charge on any atom is 0.326 e. The van der Waals surface area contributed by atoms with E-state index in [1.54, 1.807) is 19.1 Å². The molecule has 7 heteroatoms. The van der Waals surface area contributed by atoms with Crippen LogP contribution in [0.25, 0.3) is 0 Å². The molecule has 1 aromatic rings. The minimum Gasteiger partial charge on any atom is -0.480 e. The molecule has 3 N–H and O–H groups in total. The van der Waals surface area contributed by atoms with Crippen LogP contribution < -0.4 is 10.6 Å². The van der Waals surface area contributed by atoms with Crippen molar-refractivity contribution >= 4 is 40.9 Å². The Bertz CT molecular complexity index is 508. The third-order valence-electron chi connectivity index (χ3n) is 2.94. The second kappa shape index (κ2) is 7.36. The smallest absolute Gasteiger partial charge is 0.326 e. The summed E-state index contributed by atoms with van der Waals surface area (Å²) in [5, 5.41) is 14.7. The average Bonchev–Trinajstić information content (AvgIpc) is 2.39. The van der Waals surface area contributed by atoms with E-state index < -0.39 is 18.0 Å². The summed E-state index contributed by atoms with van der Waals surface area (Å²) in [4.78, 5) is 22.9. The Morgan fingerprint density at radius 1 is 1.35 bits per heavy atom. The van der Waals surface area contributed by atoms with E-state index in [0.717, 1.165) is 0 Å². The van der Waals surface area contributed by atoms with Crippen LogP contribution in [0.15, 0.2) is 18.2 Å². The molecule has 0 aliphatic heterocycles. The zero-order chi connectivity index (χ0) is 15.3. The van der Waals surface area contributed by atoms with Gasteiger partial charge in [-0.25, -0.2) is 9.59 Å². The summed E-state index contributed by atoms with van der Waals surface area (Å²) in [6.45, 7) is 3.61. The summed E-state index contributed by atoms with van der Waals surface area (Å²) >= 11 is 11.7. The van der Waals surface area contributed by atoms with Gasteiger partial charge in [0.25, 0.3) is 0 Å². The number of carbonyl (C=O) groups is 2. The highest BCUT2D eigenvalue weighted by Gasteiger charge is 2.25. The Kier molecular flexibility index (Phi) is 6.10. The number of amides is 2. The molecule has 0 saturated carbocycles. The Hall–Kier alpha value is -1.46. The fourth-order valence-electron chi connectivity index (χ4n) is 1.58. The number of nitrogens with one attached hydrogen (secondary N) is 2. The number of anilines is 1. The normalized spacial score (nSPS) is 13.4. The van der Waals surface area contributed by atoms with E-state index in [0.29, 0.717) is 22.2 Å². The van der Waals surface area contributed by atoms with E-state index in [1.807, 2.05) is 6.92 Å². The number of hydrogen-bond donors (Lipinski definition) is 3. The topological polar surface area (TPSA) is 78.4 Å². The number of halogens is 2. The SMILES string of the molecule is CC[C@@H](C)[C@@H](NC(=O)Nc1cc(Cl)ccc1Cl)C(=O)O. The van der Waals surface area contributed by atoms with E-state index in [1.165, 1.54) is 6.07 Å². The minimum absolute atomic E-state index is 0.187. The molecule has 1 rings (SSSR count). The summed E-state index contributed by atoms with van der Waals surface area (Å²) < 4.78 is 0. The number of carboxylic acids is 1. The first-order chi connectivity index (χ1) is 9.35. The molecule has 20 heavy (non-hydrogen) atoms. The van der Waals surface area contributed by atoms with Crippen molar-refractivity contribution in [1.29, 1.82) is 0 Å².